The van der Waals surface area contributed by atoms with Gasteiger partial charge in [0.15, 0.2) is 0 Å². The monoisotopic (exact) mass is 376 g/mol. The number of nitrogens with zero attached hydrogens (tertiary/aromatic N) is 2. The molecule has 6 heteroatoms. The van der Waals surface area contributed by atoms with E-state index in [2.05, 4.69) is 20.6 Å². The van der Waals surface area contributed by atoms with Gasteiger partial charge in [-0.05, 0) is 38.5 Å². The summed E-state index contributed by atoms with van der Waals surface area (Å²) in [6.45, 7) is 5.91. The van der Waals surface area contributed by atoms with E-state index in [0.29, 0.717) is 22.9 Å². The first kappa shape index (κ1) is 19.4. The van der Waals surface area contributed by atoms with Gasteiger partial charge in [0.05, 0.1) is 23.4 Å². The molecular formula is C22H24N4O2. The van der Waals surface area contributed by atoms with E-state index in [1.165, 1.54) is 12.4 Å². The van der Waals surface area contributed by atoms with Crippen LogP contribution in [-0.2, 0) is 0 Å². The number of para-hydroxylation sites is 2. The quantitative estimate of drug-likeness (QED) is 0.626. The highest BCUT2D eigenvalue weighted by atomic mass is 16.5. The summed E-state index contributed by atoms with van der Waals surface area (Å²) in [5, 5.41) is 6.08. The van der Waals surface area contributed by atoms with Crippen LogP contribution in [0.4, 0.5) is 11.6 Å². The van der Waals surface area contributed by atoms with Gasteiger partial charge in [-0.3, -0.25) is 4.79 Å². The number of amides is 1. The van der Waals surface area contributed by atoms with Gasteiger partial charge in [0.2, 0.25) is 5.95 Å². The lowest BCUT2D eigenvalue weighted by Gasteiger charge is -2.15. The van der Waals surface area contributed by atoms with E-state index in [9.17, 15) is 4.79 Å². The smallest absolute Gasteiger partial charge is 0.258 e. The molecule has 0 fully saturated rings. The Labute approximate surface area is 165 Å². The average Bonchev–Trinajstić information content (AvgIpc) is 2.70. The van der Waals surface area contributed by atoms with Gasteiger partial charge in [-0.1, -0.05) is 42.5 Å². The molecule has 0 saturated heterocycles. The number of nitrogens with one attached hydrogen (secondary N) is 2. The molecule has 6 nitrogen and oxygen atoms in total. The van der Waals surface area contributed by atoms with Gasteiger partial charge in [0.25, 0.3) is 5.91 Å². The molecule has 1 atom stereocenters. The van der Waals surface area contributed by atoms with Gasteiger partial charge in [-0.25, -0.2) is 9.97 Å². The molecule has 0 aliphatic rings. The summed E-state index contributed by atoms with van der Waals surface area (Å²) in [5.41, 5.74) is 2.12. The standard InChI is InChI=1S/C22H24N4O2/c1-15(2)28-20-12-8-7-11-19(20)26-21(27)18-13-23-22(24-14-18)25-16(3)17-9-5-4-6-10-17/h4-16H,1-3H3,(H,26,27)(H,23,24,25). The maximum atomic E-state index is 12.5. The normalized spacial score (nSPS) is 11.7. The van der Waals surface area contributed by atoms with E-state index >= 15 is 0 Å². The molecule has 1 amide bonds. The summed E-state index contributed by atoms with van der Waals surface area (Å²) in [7, 11) is 0. The minimum Gasteiger partial charge on any atom is -0.489 e. The fourth-order valence-corrected chi connectivity index (χ4v) is 2.66. The van der Waals surface area contributed by atoms with E-state index in [1.54, 1.807) is 6.07 Å². The average molecular weight is 376 g/mol. The molecule has 0 spiro atoms. The van der Waals surface area contributed by atoms with Crippen molar-refractivity contribution in [2.45, 2.75) is 32.9 Å². The molecule has 2 N–H and O–H groups in total. The van der Waals surface area contributed by atoms with Gasteiger partial charge in [-0.15, -0.1) is 0 Å². The molecule has 3 rings (SSSR count). The Morgan fingerprint density at radius 2 is 1.57 bits per heavy atom. The molecule has 0 aliphatic heterocycles. The second kappa shape index (κ2) is 8.99. The number of ether oxygens (including phenoxy) is 1. The zero-order valence-corrected chi connectivity index (χ0v) is 16.2. The second-order valence-electron chi connectivity index (χ2n) is 6.69. The fraction of sp³-hybridized carbons (Fsp3) is 0.227. The minimum absolute atomic E-state index is 0.0124. The topological polar surface area (TPSA) is 76.1 Å². The molecule has 0 radical (unpaired) electrons. The first-order valence-corrected chi connectivity index (χ1v) is 9.23. The van der Waals surface area contributed by atoms with E-state index in [0.717, 1.165) is 5.56 Å². The van der Waals surface area contributed by atoms with Crippen molar-refractivity contribution in [2.75, 3.05) is 10.6 Å². The summed E-state index contributed by atoms with van der Waals surface area (Å²) in [6.07, 6.45) is 3.03. The summed E-state index contributed by atoms with van der Waals surface area (Å²) in [5.74, 6) is 0.806. The van der Waals surface area contributed by atoms with Crippen LogP contribution < -0.4 is 15.4 Å². The van der Waals surface area contributed by atoms with Crippen LogP contribution in [0.15, 0.2) is 67.0 Å². The third kappa shape index (κ3) is 5.07. The van der Waals surface area contributed by atoms with Crippen molar-refractivity contribution >= 4 is 17.5 Å². The summed E-state index contributed by atoms with van der Waals surface area (Å²) in [6, 6.07) is 17.4. The van der Waals surface area contributed by atoms with Crippen molar-refractivity contribution in [3.63, 3.8) is 0 Å². The summed E-state index contributed by atoms with van der Waals surface area (Å²) < 4.78 is 5.73. The van der Waals surface area contributed by atoms with Crippen LogP contribution in [0.1, 0.15) is 42.7 Å². The van der Waals surface area contributed by atoms with Gasteiger partial charge in [0, 0.05) is 12.4 Å². The number of carbonyl (C=O) groups excluding carboxylic acids is 1. The van der Waals surface area contributed by atoms with Crippen LogP contribution in [-0.4, -0.2) is 22.0 Å². The zero-order chi connectivity index (χ0) is 19.9. The van der Waals surface area contributed by atoms with Crippen molar-refractivity contribution in [3.8, 4) is 5.75 Å². The van der Waals surface area contributed by atoms with Crippen molar-refractivity contribution < 1.29 is 9.53 Å². The minimum atomic E-state index is -0.289. The van der Waals surface area contributed by atoms with E-state index in [4.69, 9.17) is 4.74 Å². The van der Waals surface area contributed by atoms with Crippen LogP contribution in [0.25, 0.3) is 0 Å². The van der Waals surface area contributed by atoms with Gasteiger partial charge >= 0.3 is 0 Å². The maximum absolute atomic E-state index is 12.5. The van der Waals surface area contributed by atoms with Crippen LogP contribution in [0.3, 0.4) is 0 Å². The molecule has 1 unspecified atom stereocenters. The number of hydrogen-bond donors (Lipinski definition) is 2. The summed E-state index contributed by atoms with van der Waals surface area (Å²) >= 11 is 0. The number of hydrogen-bond acceptors (Lipinski definition) is 5. The van der Waals surface area contributed by atoms with Crippen LogP contribution in [0.5, 0.6) is 5.75 Å². The SMILES string of the molecule is CC(C)Oc1ccccc1NC(=O)c1cnc(NC(C)c2ccccc2)nc1. The van der Waals surface area contributed by atoms with E-state index in [-0.39, 0.29) is 18.1 Å². The van der Waals surface area contributed by atoms with Crippen molar-refractivity contribution in [2.24, 2.45) is 0 Å². The lowest BCUT2D eigenvalue weighted by Crippen LogP contribution is -2.16. The predicted octanol–water partition coefficient (Wildman–Crippen LogP) is 4.69. The number of anilines is 2. The molecule has 3 aromatic rings. The Bertz CT molecular complexity index is 911. The third-order valence-corrected chi connectivity index (χ3v) is 4.06. The first-order valence-electron chi connectivity index (χ1n) is 9.23. The molecule has 2 aromatic carbocycles. The third-order valence-electron chi connectivity index (χ3n) is 4.06. The zero-order valence-electron chi connectivity index (χ0n) is 16.2. The van der Waals surface area contributed by atoms with E-state index < -0.39 is 0 Å². The largest absolute Gasteiger partial charge is 0.489 e. The van der Waals surface area contributed by atoms with Gasteiger partial charge < -0.3 is 15.4 Å². The molecule has 28 heavy (non-hydrogen) atoms. The Balaban J connectivity index is 1.66. The number of aromatic nitrogens is 2. The lowest BCUT2D eigenvalue weighted by atomic mass is 10.1. The molecule has 0 saturated carbocycles. The number of benzene rings is 2. The molecule has 144 valence electrons. The Hall–Kier alpha value is -3.41. The molecule has 0 aliphatic carbocycles. The van der Waals surface area contributed by atoms with Crippen LogP contribution in [0.2, 0.25) is 0 Å². The van der Waals surface area contributed by atoms with Crippen LogP contribution >= 0.6 is 0 Å². The molecule has 1 heterocycles. The molecule has 1 aromatic heterocycles. The fourth-order valence-electron chi connectivity index (χ4n) is 2.66. The lowest BCUT2D eigenvalue weighted by molar-refractivity contribution is 0.102. The predicted molar refractivity (Wildman–Crippen MR) is 111 cm³/mol. The number of rotatable bonds is 7. The Morgan fingerprint density at radius 3 is 2.25 bits per heavy atom. The molecule has 0 bridgehead atoms. The van der Waals surface area contributed by atoms with Crippen molar-refractivity contribution in [3.05, 3.63) is 78.1 Å². The Kier molecular flexibility index (Phi) is 6.22. The first-order chi connectivity index (χ1) is 13.5. The van der Waals surface area contributed by atoms with Crippen molar-refractivity contribution in [1.82, 2.24) is 9.97 Å². The van der Waals surface area contributed by atoms with E-state index in [1.807, 2.05) is 69.3 Å². The van der Waals surface area contributed by atoms with Crippen molar-refractivity contribution in [1.29, 1.82) is 0 Å². The highest BCUT2D eigenvalue weighted by Crippen LogP contribution is 2.25. The Morgan fingerprint density at radius 1 is 0.929 bits per heavy atom. The highest BCUT2D eigenvalue weighted by Gasteiger charge is 2.12. The summed E-state index contributed by atoms with van der Waals surface area (Å²) in [4.78, 5) is 21.1. The van der Waals surface area contributed by atoms with Crippen LogP contribution in [0, 0.1) is 0 Å². The van der Waals surface area contributed by atoms with Gasteiger partial charge in [0.1, 0.15) is 5.75 Å². The number of carbonyl (C=O) groups is 1. The highest BCUT2D eigenvalue weighted by molar-refractivity contribution is 6.04. The molecular weight excluding hydrogens is 352 g/mol. The maximum Gasteiger partial charge on any atom is 0.258 e. The van der Waals surface area contributed by atoms with Gasteiger partial charge in [-0.2, -0.15) is 0 Å². The second-order valence-corrected chi connectivity index (χ2v) is 6.69.